The van der Waals surface area contributed by atoms with Crippen LogP contribution in [-0.2, 0) is 6.42 Å². The molecule has 2 aromatic heterocycles. The standard InChI is InChI=1S/C14H15N3O2/c1-19-12-5-9-16-13(10-12)14(18)17-8-4-11-2-6-15-7-3-11/h2-3,5-7,9-10H,4,8H2,1H3,(H,17,18). The Morgan fingerprint density at radius 1 is 1.26 bits per heavy atom. The third-order valence-electron chi connectivity index (χ3n) is 2.65. The first-order valence-corrected chi connectivity index (χ1v) is 5.97. The number of carbonyl (C=O) groups is 1. The molecule has 5 heteroatoms. The summed E-state index contributed by atoms with van der Waals surface area (Å²) in [6.45, 7) is 0.557. The van der Waals surface area contributed by atoms with Gasteiger partial charge in [-0.25, -0.2) is 0 Å². The van der Waals surface area contributed by atoms with Crippen LogP contribution in [0.5, 0.6) is 5.75 Å². The third kappa shape index (κ3) is 3.77. The summed E-state index contributed by atoms with van der Waals surface area (Å²) in [4.78, 5) is 19.8. The lowest BCUT2D eigenvalue weighted by Crippen LogP contribution is -2.26. The summed E-state index contributed by atoms with van der Waals surface area (Å²) in [6.07, 6.45) is 5.79. The molecule has 0 atom stereocenters. The average molecular weight is 257 g/mol. The lowest BCUT2D eigenvalue weighted by atomic mass is 10.2. The van der Waals surface area contributed by atoms with E-state index in [0.29, 0.717) is 18.0 Å². The van der Waals surface area contributed by atoms with E-state index in [1.165, 1.54) is 0 Å². The van der Waals surface area contributed by atoms with Gasteiger partial charge in [0.15, 0.2) is 0 Å². The van der Waals surface area contributed by atoms with Crippen LogP contribution < -0.4 is 10.1 Å². The molecule has 2 aromatic rings. The largest absolute Gasteiger partial charge is 0.497 e. The van der Waals surface area contributed by atoms with Gasteiger partial charge in [0.05, 0.1) is 7.11 Å². The number of aromatic nitrogens is 2. The highest BCUT2D eigenvalue weighted by Gasteiger charge is 2.07. The first-order valence-electron chi connectivity index (χ1n) is 5.97. The summed E-state index contributed by atoms with van der Waals surface area (Å²) in [5, 5.41) is 2.82. The Balaban J connectivity index is 1.87. The normalized spacial score (nSPS) is 9.95. The fraction of sp³-hybridized carbons (Fsp3) is 0.214. The number of amides is 1. The van der Waals surface area contributed by atoms with Crippen LogP contribution in [0.2, 0.25) is 0 Å². The SMILES string of the molecule is COc1ccnc(C(=O)NCCc2ccncc2)c1. The number of pyridine rings is 2. The zero-order valence-corrected chi connectivity index (χ0v) is 10.7. The van der Waals surface area contributed by atoms with Gasteiger partial charge in [0.1, 0.15) is 11.4 Å². The Labute approximate surface area is 111 Å². The van der Waals surface area contributed by atoms with E-state index in [1.54, 1.807) is 37.8 Å². The van der Waals surface area contributed by atoms with Crippen molar-refractivity contribution in [3.05, 3.63) is 54.1 Å². The Morgan fingerprint density at radius 2 is 2.05 bits per heavy atom. The molecule has 0 fully saturated rings. The zero-order chi connectivity index (χ0) is 13.5. The molecule has 0 aliphatic rings. The number of nitrogens with zero attached hydrogens (tertiary/aromatic N) is 2. The van der Waals surface area contributed by atoms with Crippen molar-refractivity contribution >= 4 is 5.91 Å². The fourth-order valence-corrected chi connectivity index (χ4v) is 1.62. The molecule has 1 amide bonds. The Bertz CT molecular complexity index is 543. The number of hydrogen-bond acceptors (Lipinski definition) is 4. The molecule has 2 heterocycles. The highest BCUT2D eigenvalue weighted by atomic mass is 16.5. The minimum Gasteiger partial charge on any atom is -0.497 e. The predicted molar refractivity (Wildman–Crippen MR) is 71.1 cm³/mol. The molecular weight excluding hydrogens is 242 g/mol. The minimum atomic E-state index is -0.201. The quantitative estimate of drug-likeness (QED) is 0.880. The van der Waals surface area contributed by atoms with Crippen LogP contribution in [0.15, 0.2) is 42.9 Å². The molecule has 0 saturated heterocycles. The molecule has 0 bridgehead atoms. The first-order chi connectivity index (χ1) is 9.29. The van der Waals surface area contributed by atoms with Crippen LogP contribution in [0.3, 0.4) is 0 Å². The van der Waals surface area contributed by atoms with Gasteiger partial charge >= 0.3 is 0 Å². The van der Waals surface area contributed by atoms with Crippen molar-refractivity contribution in [2.45, 2.75) is 6.42 Å². The molecule has 2 rings (SSSR count). The highest BCUT2D eigenvalue weighted by Crippen LogP contribution is 2.09. The van der Waals surface area contributed by atoms with Gasteiger partial charge in [-0.15, -0.1) is 0 Å². The maximum atomic E-state index is 11.9. The van der Waals surface area contributed by atoms with E-state index in [0.717, 1.165) is 12.0 Å². The van der Waals surface area contributed by atoms with E-state index in [9.17, 15) is 4.79 Å². The number of nitrogens with one attached hydrogen (secondary N) is 1. The van der Waals surface area contributed by atoms with Gasteiger partial charge in [-0.3, -0.25) is 14.8 Å². The van der Waals surface area contributed by atoms with E-state index in [-0.39, 0.29) is 5.91 Å². The first kappa shape index (κ1) is 13.0. The molecule has 0 aliphatic heterocycles. The molecule has 0 unspecified atom stereocenters. The molecule has 1 N–H and O–H groups in total. The second-order valence-corrected chi connectivity index (χ2v) is 3.94. The van der Waals surface area contributed by atoms with Crippen molar-refractivity contribution in [3.8, 4) is 5.75 Å². The van der Waals surface area contributed by atoms with Gasteiger partial charge in [-0.1, -0.05) is 0 Å². The van der Waals surface area contributed by atoms with Crippen LogP contribution in [0.4, 0.5) is 0 Å². The molecule has 98 valence electrons. The van der Waals surface area contributed by atoms with Gasteiger partial charge in [0.2, 0.25) is 0 Å². The van der Waals surface area contributed by atoms with E-state index in [1.807, 2.05) is 12.1 Å². The van der Waals surface area contributed by atoms with Crippen LogP contribution in [0, 0.1) is 0 Å². The van der Waals surface area contributed by atoms with Crippen LogP contribution >= 0.6 is 0 Å². The summed E-state index contributed by atoms with van der Waals surface area (Å²) in [5.74, 6) is 0.419. The lowest BCUT2D eigenvalue weighted by molar-refractivity contribution is 0.0949. The van der Waals surface area contributed by atoms with Crippen LogP contribution in [-0.4, -0.2) is 29.5 Å². The molecule has 0 radical (unpaired) electrons. The Morgan fingerprint density at radius 3 is 2.79 bits per heavy atom. The molecule has 0 saturated carbocycles. The molecule has 0 spiro atoms. The summed E-state index contributed by atoms with van der Waals surface area (Å²) in [6, 6.07) is 7.17. The summed E-state index contributed by atoms with van der Waals surface area (Å²) in [7, 11) is 1.56. The van der Waals surface area contributed by atoms with Crippen molar-refractivity contribution in [2.24, 2.45) is 0 Å². The van der Waals surface area contributed by atoms with Crippen molar-refractivity contribution in [2.75, 3.05) is 13.7 Å². The maximum Gasteiger partial charge on any atom is 0.270 e. The second kappa shape index (κ2) is 6.49. The van der Waals surface area contributed by atoms with Crippen molar-refractivity contribution in [3.63, 3.8) is 0 Å². The Hall–Kier alpha value is -2.43. The minimum absolute atomic E-state index is 0.201. The summed E-state index contributed by atoms with van der Waals surface area (Å²) >= 11 is 0. The van der Waals surface area contributed by atoms with E-state index >= 15 is 0 Å². The van der Waals surface area contributed by atoms with Gasteiger partial charge in [-0.2, -0.15) is 0 Å². The number of ether oxygens (including phenoxy) is 1. The van der Waals surface area contributed by atoms with E-state index in [2.05, 4.69) is 15.3 Å². The van der Waals surface area contributed by atoms with Crippen molar-refractivity contribution in [1.82, 2.24) is 15.3 Å². The predicted octanol–water partition coefficient (Wildman–Crippen LogP) is 1.46. The van der Waals surface area contributed by atoms with E-state index in [4.69, 9.17) is 4.74 Å². The number of hydrogen-bond donors (Lipinski definition) is 1. The lowest BCUT2D eigenvalue weighted by Gasteiger charge is -2.06. The number of methoxy groups -OCH3 is 1. The summed E-state index contributed by atoms with van der Waals surface area (Å²) in [5.41, 5.74) is 1.49. The van der Waals surface area contributed by atoms with Crippen LogP contribution in [0.1, 0.15) is 16.1 Å². The zero-order valence-electron chi connectivity index (χ0n) is 10.7. The number of rotatable bonds is 5. The number of carbonyl (C=O) groups excluding carboxylic acids is 1. The smallest absolute Gasteiger partial charge is 0.270 e. The van der Waals surface area contributed by atoms with Crippen molar-refractivity contribution in [1.29, 1.82) is 0 Å². The Kier molecular flexibility index (Phi) is 4.44. The highest BCUT2D eigenvalue weighted by molar-refractivity contribution is 5.92. The summed E-state index contributed by atoms with van der Waals surface area (Å²) < 4.78 is 5.05. The molecular formula is C14H15N3O2. The van der Waals surface area contributed by atoms with E-state index < -0.39 is 0 Å². The second-order valence-electron chi connectivity index (χ2n) is 3.94. The van der Waals surface area contributed by atoms with Crippen LogP contribution in [0.25, 0.3) is 0 Å². The van der Waals surface area contributed by atoms with Crippen molar-refractivity contribution < 1.29 is 9.53 Å². The molecule has 5 nitrogen and oxygen atoms in total. The van der Waals surface area contributed by atoms with Gasteiger partial charge < -0.3 is 10.1 Å². The van der Waals surface area contributed by atoms with Gasteiger partial charge in [0, 0.05) is 31.2 Å². The fourth-order valence-electron chi connectivity index (χ4n) is 1.62. The van der Waals surface area contributed by atoms with Gasteiger partial charge in [0.25, 0.3) is 5.91 Å². The molecule has 19 heavy (non-hydrogen) atoms. The molecule has 0 aromatic carbocycles. The topological polar surface area (TPSA) is 64.1 Å². The maximum absolute atomic E-state index is 11.9. The third-order valence-corrected chi connectivity index (χ3v) is 2.65. The average Bonchev–Trinajstić information content (AvgIpc) is 2.48. The monoisotopic (exact) mass is 257 g/mol. The molecule has 0 aliphatic carbocycles. The van der Waals surface area contributed by atoms with Gasteiger partial charge in [-0.05, 0) is 30.2 Å².